The van der Waals surface area contributed by atoms with Gasteiger partial charge in [-0.1, -0.05) is 6.08 Å². The summed E-state index contributed by atoms with van der Waals surface area (Å²) < 4.78 is 0. The second kappa shape index (κ2) is 1.60. The molecular weight excluding hydrogens is 90.1 g/mol. The van der Waals surface area contributed by atoms with Gasteiger partial charge in [0.1, 0.15) is 0 Å². The fourth-order valence-electron chi connectivity index (χ4n) is 0.347. The molecule has 2 nitrogen and oxygen atoms in total. The van der Waals surface area contributed by atoms with Crippen LogP contribution in [-0.2, 0) is 0 Å². The summed E-state index contributed by atoms with van der Waals surface area (Å²) in [5.74, 6) is -0.178. The lowest BCUT2D eigenvalue weighted by molar-refractivity contribution is -0.307. The first-order valence-corrected chi connectivity index (χ1v) is 1.97. The Labute approximate surface area is 41.5 Å². The van der Waals surface area contributed by atoms with Crippen LogP contribution in [0.5, 0.6) is 0 Å². The predicted octanol–water partition coefficient (Wildman–Crippen LogP) is -0.836. The summed E-state index contributed by atoms with van der Waals surface area (Å²) in [6.45, 7) is 0. The highest BCUT2D eigenvalue weighted by molar-refractivity contribution is 5.72. The summed E-state index contributed by atoms with van der Waals surface area (Å²) in [6, 6.07) is 0. The zero-order chi connectivity index (χ0) is 5.11. The molecule has 1 heterocycles. The van der Waals surface area contributed by atoms with E-state index in [-0.39, 0.29) is 5.88 Å². The minimum atomic E-state index is -0.178. The van der Waals surface area contributed by atoms with Gasteiger partial charge in [-0.05, 0) is 0 Å². The first-order chi connectivity index (χ1) is 3.39. The Morgan fingerprint density at radius 2 is 2.29 bits per heavy atom. The molecule has 1 aliphatic heterocycles. The Kier molecular flexibility index (Phi) is 0.941. The van der Waals surface area contributed by atoms with E-state index in [2.05, 4.69) is 4.99 Å². The van der Waals surface area contributed by atoms with Crippen molar-refractivity contribution in [1.29, 1.82) is 0 Å². The second-order valence-electron chi connectivity index (χ2n) is 1.17. The van der Waals surface area contributed by atoms with Crippen molar-refractivity contribution in [3.63, 3.8) is 0 Å². The molecule has 0 N–H and O–H groups in total. The maximum atomic E-state index is 10.2. The van der Waals surface area contributed by atoms with Crippen LogP contribution in [0.2, 0.25) is 0 Å². The average Bonchev–Trinajstić information content (AvgIpc) is 1.69. The Morgan fingerprint density at radius 3 is 2.57 bits per heavy atom. The molecule has 1 rings (SSSR count). The van der Waals surface area contributed by atoms with Crippen molar-refractivity contribution < 1.29 is 5.11 Å². The van der Waals surface area contributed by atoms with E-state index in [1.54, 1.807) is 12.2 Å². The number of aliphatic imine (C=N–C) groups is 1. The third-order valence-corrected chi connectivity index (χ3v) is 0.638. The maximum Gasteiger partial charge on any atom is 0.241 e. The number of hydrogen-bond donors (Lipinski definition) is 0. The molecule has 2 heteroatoms. The lowest BCUT2D eigenvalue weighted by Crippen LogP contribution is -2.10. The van der Waals surface area contributed by atoms with Crippen LogP contribution in [0.25, 0.3) is 0 Å². The first-order valence-electron chi connectivity index (χ1n) is 1.97. The smallest absolute Gasteiger partial charge is 0.241 e. The highest BCUT2D eigenvalue weighted by atomic mass is 16.3. The van der Waals surface area contributed by atoms with Gasteiger partial charge in [0.25, 0.3) is 0 Å². The van der Waals surface area contributed by atoms with E-state index in [0.29, 0.717) is 0 Å². The van der Waals surface area contributed by atoms with Crippen LogP contribution in [0.15, 0.2) is 24.1 Å². The van der Waals surface area contributed by atoms with Crippen molar-refractivity contribution in [2.24, 2.45) is 0 Å². The van der Waals surface area contributed by atoms with Gasteiger partial charge < -0.3 is 5.11 Å². The molecule has 1 radical (unpaired) electrons. The number of nitrogens with zero attached hydrogens (tertiary/aromatic N) is 1. The fourth-order valence-corrected chi connectivity index (χ4v) is 0.347. The van der Waals surface area contributed by atoms with Gasteiger partial charge in [-0.3, -0.25) is 0 Å². The fraction of sp³-hybridized carbons (Fsp3) is 0. The third-order valence-electron chi connectivity index (χ3n) is 0.638. The van der Waals surface area contributed by atoms with E-state index >= 15 is 0 Å². The van der Waals surface area contributed by atoms with Crippen LogP contribution in [0.3, 0.4) is 0 Å². The van der Waals surface area contributed by atoms with Gasteiger partial charge in [-0.15, -0.1) is 0 Å². The Hall–Kier alpha value is -1.05. The van der Waals surface area contributed by atoms with Gasteiger partial charge in [0.15, 0.2) is 0 Å². The largest absolute Gasteiger partial charge is 0.818 e. The first kappa shape index (κ1) is 4.12. The molecule has 0 aromatic carbocycles. The molecule has 35 valence electrons. The zero-order valence-electron chi connectivity index (χ0n) is 3.66. The van der Waals surface area contributed by atoms with Crippen molar-refractivity contribution in [2.45, 2.75) is 0 Å². The monoisotopic (exact) mass is 94.0 g/mol. The maximum absolute atomic E-state index is 10.2. The number of hydrogen-bond acceptors (Lipinski definition) is 2. The van der Waals surface area contributed by atoms with Crippen molar-refractivity contribution in [3.8, 4) is 0 Å². The van der Waals surface area contributed by atoms with Crippen LogP contribution < -0.4 is 10.1 Å². The third kappa shape index (κ3) is 0.892. The van der Waals surface area contributed by atoms with Crippen molar-refractivity contribution in [3.05, 3.63) is 24.1 Å². The molecule has 0 spiro atoms. The zero-order valence-corrected chi connectivity index (χ0v) is 3.66. The second-order valence-corrected chi connectivity index (χ2v) is 1.17. The highest BCUT2D eigenvalue weighted by Gasteiger charge is 1.89. The summed E-state index contributed by atoms with van der Waals surface area (Å²) in [4.78, 5) is 3.42. The van der Waals surface area contributed by atoms with Crippen LogP contribution in [0.4, 0.5) is 0 Å². The van der Waals surface area contributed by atoms with Gasteiger partial charge in [-0.25, -0.2) is 0 Å². The van der Waals surface area contributed by atoms with Gasteiger partial charge >= 0.3 is 0 Å². The van der Waals surface area contributed by atoms with Crippen LogP contribution in [0, 0.1) is 0 Å². The summed E-state index contributed by atoms with van der Waals surface area (Å²) in [5.41, 5.74) is 0. The van der Waals surface area contributed by atoms with Crippen molar-refractivity contribution in [1.82, 2.24) is 4.99 Å². The molecule has 0 bridgehead atoms. The predicted molar refractivity (Wildman–Crippen MR) is 25.4 cm³/mol. The molecule has 0 saturated carbocycles. The number of allylic oxidation sites excluding steroid dienone is 3. The summed E-state index contributed by atoms with van der Waals surface area (Å²) in [6.07, 6.45) is 6.26. The van der Waals surface area contributed by atoms with Crippen LogP contribution in [0.1, 0.15) is 0 Å². The molecule has 0 aromatic rings. The van der Waals surface area contributed by atoms with E-state index < -0.39 is 0 Å². The van der Waals surface area contributed by atoms with E-state index in [1.165, 1.54) is 12.3 Å². The molecule has 1 aliphatic rings. The molecule has 7 heavy (non-hydrogen) atoms. The minimum absolute atomic E-state index is 0.178. The molecular formula is C5H4NO. The highest BCUT2D eigenvalue weighted by Crippen LogP contribution is 1.80. The van der Waals surface area contributed by atoms with E-state index in [9.17, 15) is 5.11 Å². The lowest BCUT2D eigenvalue weighted by atomic mass is 10.4. The molecule has 0 saturated heterocycles. The van der Waals surface area contributed by atoms with Crippen molar-refractivity contribution >= 4 is 6.21 Å². The molecule has 0 fully saturated rings. The normalized spacial score (nSPS) is 16.9. The van der Waals surface area contributed by atoms with Crippen LogP contribution in [-0.4, -0.2) is 6.21 Å². The summed E-state index contributed by atoms with van der Waals surface area (Å²) >= 11 is 0. The van der Waals surface area contributed by atoms with E-state index in [4.69, 9.17) is 0 Å². The average molecular weight is 94.1 g/mol. The summed E-state index contributed by atoms with van der Waals surface area (Å²) in [5, 5.41) is 10.2. The van der Waals surface area contributed by atoms with E-state index in [1.807, 2.05) is 0 Å². The minimum Gasteiger partial charge on any atom is -0.818 e. The lowest BCUT2D eigenvalue weighted by Gasteiger charge is -1.87. The Balaban J connectivity index is 2.82. The van der Waals surface area contributed by atoms with Crippen LogP contribution >= 0.6 is 0 Å². The Bertz CT molecular complexity index is 144. The quantitative estimate of drug-likeness (QED) is 0.386. The number of rotatable bonds is 0. The summed E-state index contributed by atoms with van der Waals surface area (Å²) in [7, 11) is 0. The van der Waals surface area contributed by atoms with Gasteiger partial charge in [-0.2, -0.15) is 0 Å². The topological polar surface area (TPSA) is 37.2 Å². The van der Waals surface area contributed by atoms with Gasteiger partial charge in [0.05, 0.1) is 0 Å². The van der Waals surface area contributed by atoms with Gasteiger partial charge in [0, 0.05) is 17.1 Å². The standard InChI is InChI=1S/C5H5NO/c7-5-3-1-2-4-6-5/h1-4,7H/q+1/p-1. The molecule has 0 atom stereocenters. The van der Waals surface area contributed by atoms with Crippen molar-refractivity contribution in [2.75, 3.05) is 0 Å². The Morgan fingerprint density at radius 1 is 1.43 bits per heavy atom. The molecule has 0 unspecified atom stereocenters. The van der Waals surface area contributed by atoms with Gasteiger partial charge in [0.2, 0.25) is 12.1 Å². The SMILES string of the molecule is [O-]C1=CC=CC=[N+]1. The van der Waals surface area contributed by atoms with E-state index in [0.717, 1.165) is 0 Å². The molecule has 0 aliphatic carbocycles. The molecule has 0 aromatic heterocycles. The molecule has 0 amide bonds.